The molecular formula is C23H26FN5O. The maximum Gasteiger partial charge on any atom is 0.225 e. The van der Waals surface area contributed by atoms with Gasteiger partial charge in [0.15, 0.2) is 5.82 Å². The molecular weight excluding hydrogens is 381 g/mol. The zero-order valence-electron chi connectivity index (χ0n) is 17.0. The molecule has 1 unspecified atom stereocenters. The van der Waals surface area contributed by atoms with Crippen molar-refractivity contribution in [2.45, 2.75) is 45.1 Å². The molecule has 7 heteroatoms. The van der Waals surface area contributed by atoms with Gasteiger partial charge < -0.3 is 10.2 Å². The molecule has 0 radical (unpaired) electrons. The molecule has 3 aromatic rings. The molecule has 30 heavy (non-hydrogen) atoms. The summed E-state index contributed by atoms with van der Waals surface area (Å²) < 4.78 is 15.8. The Kier molecular flexibility index (Phi) is 5.11. The van der Waals surface area contributed by atoms with Crippen molar-refractivity contribution in [3.63, 3.8) is 0 Å². The van der Waals surface area contributed by atoms with E-state index >= 15 is 0 Å². The van der Waals surface area contributed by atoms with Crippen molar-refractivity contribution in [2.75, 3.05) is 18.0 Å². The molecule has 1 N–H and O–H groups in total. The van der Waals surface area contributed by atoms with Crippen LogP contribution in [-0.2, 0) is 24.2 Å². The van der Waals surface area contributed by atoms with Crippen LogP contribution >= 0.6 is 0 Å². The fourth-order valence-corrected chi connectivity index (χ4v) is 4.73. The highest BCUT2D eigenvalue weighted by Crippen LogP contribution is 2.32. The molecule has 1 atom stereocenters. The van der Waals surface area contributed by atoms with Gasteiger partial charge in [-0.2, -0.15) is 5.10 Å². The van der Waals surface area contributed by atoms with E-state index in [-0.39, 0.29) is 24.2 Å². The second-order valence-corrected chi connectivity index (χ2v) is 8.27. The minimum Gasteiger partial charge on any atom is -0.354 e. The number of anilines is 1. The van der Waals surface area contributed by atoms with Crippen LogP contribution in [0.2, 0.25) is 0 Å². The first-order valence-electron chi connectivity index (χ1n) is 10.8. The monoisotopic (exact) mass is 407 g/mol. The van der Waals surface area contributed by atoms with Crippen molar-refractivity contribution in [3.8, 4) is 0 Å². The molecule has 1 aliphatic heterocycles. The van der Waals surface area contributed by atoms with E-state index in [9.17, 15) is 9.18 Å². The minimum atomic E-state index is -0.288. The first-order chi connectivity index (χ1) is 14.7. The SMILES string of the molecule is O=C(NCc1ccccc1F)C1CCCN(c2nccn3nc4c(c23)CCCC4)C1. The number of aryl methyl sites for hydroxylation is 2. The molecule has 1 fully saturated rings. The third-order valence-electron chi connectivity index (χ3n) is 6.30. The lowest BCUT2D eigenvalue weighted by molar-refractivity contribution is -0.125. The number of carbonyl (C=O) groups is 1. The second-order valence-electron chi connectivity index (χ2n) is 8.27. The van der Waals surface area contributed by atoms with Gasteiger partial charge in [0.25, 0.3) is 0 Å². The summed E-state index contributed by atoms with van der Waals surface area (Å²) in [6, 6.07) is 6.56. The van der Waals surface area contributed by atoms with Crippen molar-refractivity contribution in [3.05, 3.63) is 59.3 Å². The quantitative estimate of drug-likeness (QED) is 0.721. The fourth-order valence-electron chi connectivity index (χ4n) is 4.73. The smallest absolute Gasteiger partial charge is 0.225 e. The highest BCUT2D eigenvalue weighted by atomic mass is 19.1. The van der Waals surface area contributed by atoms with Crippen LogP contribution in [0.25, 0.3) is 5.52 Å². The standard InChI is InChI=1S/C23H26FN5O/c24-19-9-3-1-6-16(19)14-26-23(30)17-7-5-12-28(15-17)22-21-18-8-2-4-10-20(18)27-29(21)13-11-25-22/h1,3,6,9,11,13,17H,2,4-5,7-8,10,12,14-15H2,(H,26,30). The Bertz CT molecular complexity index is 1080. The lowest BCUT2D eigenvalue weighted by atomic mass is 9.95. The Morgan fingerprint density at radius 2 is 2.07 bits per heavy atom. The molecule has 1 aromatic carbocycles. The van der Waals surface area contributed by atoms with Crippen LogP contribution in [0.4, 0.5) is 10.2 Å². The van der Waals surface area contributed by atoms with Crippen LogP contribution in [0.5, 0.6) is 0 Å². The van der Waals surface area contributed by atoms with Crippen LogP contribution < -0.4 is 10.2 Å². The summed E-state index contributed by atoms with van der Waals surface area (Å²) in [5, 5.41) is 7.69. The number of hydrogen-bond donors (Lipinski definition) is 1. The molecule has 0 bridgehead atoms. The molecule has 3 heterocycles. The van der Waals surface area contributed by atoms with E-state index < -0.39 is 0 Å². The van der Waals surface area contributed by atoms with E-state index in [1.54, 1.807) is 24.4 Å². The molecule has 0 saturated carbocycles. The number of fused-ring (bicyclic) bond motifs is 3. The van der Waals surface area contributed by atoms with Crippen molar-refractivity contribution < 1.29 is 9.18 Å². The summed E-state index contributed by atoms with van der Waals surface area (Å²) in [5.41, 5.74) is 4.11. The number of nitrogens with zero attached hydrogens (tertiary/aromatic N) is 4. The summed E-state index contributed by atoms with van der Waals surface area (Å²) >= 11 is 0. The Morgan fingerprint density at radius 1 is 1.20 bits per heavy atom. The van der Waals surface area contributed by atoms with E-state index in [1.807, 2.05) is 10.7 Å². The van der Waals surface area contributed by atoms with Gasteiger partial charge >= 0.3 is 0 Å². The van der Waals surface area contributed by atoms with Gasteiger partial charge in [-0.3, -0.25) is 4.79 Å². The minimum absolute atomic E-state index is 0.0227. The molecule has 6 nitrogen and oxygen atoms in total. The predicted molar refractivity (Wildman–Crippen MR) is 113 cm³/mol. The third kappa shape index (κ3) is 3.53. The number of rotatable bonds is 4. The van der Waals surface area contributed by atoms with Gasteiger partial charge in [-0.25, -0.2) is 13.9 Å². The van der Waals surface area contributed by atoms with Crippen molar-refractivity contribution in [2.24, 2.45) is 5.92 Å². The third-order valence-corrected chi connectivity index (χ3v) is 6.30. The van der Waals surface area contributed by atoms with Crippen LogP contribution in [-0.4, -0.2) is 33.6 Å². The maximum atomic E-state index is 13.8. The first kappa shape index (κ1) is 19.0. The number of halogens is 1. The van der Waals surface area contributed by atoms with Crippen LogP contribution in [0.15, 0.2) is 36.7 Å². The van der Waals surface area contributed by atoms with Crippen LogP contribution in [0.1, 0.15) is 42.5 Å². The number of amides is 1. The Morgan fingerprint density at radius 3 is 2.97 bits per heavy atom. The summed E-state index contributed by atoms with van der Waals surface area (Å²) in [4.78, 5) is 19.7. The molecule has 1 saturated heterocycles. The number of carbonyl (C=O) groups excluding carboxylic acids is 1. The van der Waals surface area contributed by atoms with Crippen molar-refractivity contribution >= 4 is 17.2 Å². The van der Waals surface area contributed by atoms with E-state index in [4.69, 9.17) is 10.1 Å². The predicted octanol–water partition coefficient (Wildman–Crippen LogP) is 3.28. The average Bonchev–Trinajstić information content (AvgIpc) is 3.17. The molecule has 5 rings (SSSR count). The van der Waals surface area contributed by atoms with E-state index in [0.29, 0.717) is 12.1 Å². The van der Waals surface area contributed by atoms with Gasteiger partial charge in [-0.15, -0.1) is 0 Å². The molecule has 0 spiro atoms. The van der Waals surface area contributed by atoms with E-state index in [0.717, 1.165) is 43.6 Å². The van der Waals surface area contributed by atoms with E-state index in [1.165, 1.54) is 30.2 Å². The number of hydrogen-bond acceptors (Lipinski definition) is 4. The normalized spacial score (nSPS) is 19.0. The number of piperidine rings is 1. The Balaban J connectivity index is 1.34. The number of aromatic nitrogens is 3. The van der Waals surface area contributed by atoms with Gasteiger partial charge in [-0.05, 0) is 44.6 Å². The highest BCUT2D eigenvalue weighted by Gasteiger charge is 2.29. The lowest BCUT2D eigenvalue weighted by Crippen LogP contribution is -2.43. The maximum absolute atomic E-state index is 13.8. The van der Waals surface area contributed by atoms with Crippen LogP contribution in [0.3, 0.4) is 0 Å². The Labute approximate surface area is 175 Å². The number of nitrogens with one attached hydrogen (secondary N) is 1. The highest BCUT2D eigenvalue weighted by molar-refractivity contribution is 5.80. The van der Waals surface area contributed by atoms with E-state index in [2.05, 4.69) is 10.2 Å². The zero-order valence-corrected chi connectivity index (χ0v) is 17.0. The van der Waals surface area contributed by atoms with Crippen molar-refractivity contribution in [1.29, 1.82) is 0 Å². The topological polar surface area (TPSA) is 62.5 Å². The molecule has 1 aliphatic carbocycles. The summed E-state index contributed by atoms with van der Waals surface area (Å²) in [7, 11) is 0. The lowest BCUT2D eigenvalue weighted by Gasteiger charge is -2.33. The first-order valence-corrected chi connectivity index (χ1v) is 10.8. The summed E-state index contributed by atoms with van der Waals surface area (Å²) in [6.07, 6.45) is 9.91. The molecule has 2 aromatic heterocycles. The van der Waals surface area contributed by atoms with Crippen LogP contribution in [0, 0.1) is 11.7 Å². The zero-order chi connectivity index (χ0) is 20.5. The summed E-state index contributed by atoms with van der Waals surface area (Å²) in [5.74, 6) is 0.487. The second kappa shape index (κ2) is 8.05. The molecule has 1 amide bonds. The number of benzene rings is 1. The Hall–Kier alpha value is -2.96. The van der Waals surface area contributed by atoms with Gasteiger partial charge in [0.05, 0.1) is 11.6 Å². The summed E-state index contributed by atoms with van der Waals surface area (Å²) in [6.45, 7) is 1.71. The van der Waals surface area contributed by atoms with Gasteiger partial charge in [0.2, 0.25) is 5.91 Å². The van der Waals surface area contributed by atoms with Gasteiger partial charge in [0.1, 0.15) is 11.3 Å². The van der Waals surface area contributed by atoms with Gasteiger partial charge in [0, 0.05) is 43.2 Å². The largest absolute Gasteiger partial charge is 0.354 e. The molecule has 156 valence electrons. The fraction of sp³-hybridized carbons (Fsp3) is 0.435. The van der Waals surface area contributed by atoms with Crippen molar-refractivity contribution in [1.82, 2.24) is 19.9 Å². The molecule has 2 aliphatic rings. The van der Waals surface area contributed by atoms with Gasteiger partial charge in [-0.1, -0.05) is 18.2 Å². The average molecular weight is 407 g/mol.